The van der Waals surface area contributed by atoms with Crippen molar-refractivity contribution in [1.82, 2.24) is 24.7 Å². The van der Waals surface area contributed by atoms with Gasteiger partial charge >= 0.3 is 5.97 Å². The predicted molar refractivity (Wildman–Crippen MR) is 243 cm³/mol. The fraction of sp³-hybridized carbons (Fsp3) is 0.431. The number of esters is 1. The Labute approximate surface area is 382 Å². The number of cyclic esters (lactones) is 1. The van der Waals surface area contributed by atoms with Crippen LogP contribution in [0.4, 0.5) is 4.39 Å². The molecule has 66 heavy (non-hydrogen) atoms. The van der Waals surface area contributed by atoms with E-state index in [-0.39, 0.29) is 70.1 Å². The zero-order valence-corrected chi connectivity index (χ0v) is 38.2. The lowest BCUT2D eigenvalue weighted by Gasteiger charge is -2.58. The van der Waals surface area contributed by atoms with Crippen LogP contribution in [0, 0.1) is 18.2 Å². The number of phenols is 2. The van der Waals surface area contributed by atoms with Crippen LogP contribution >= 0.6 is 0 Å². The Morgan fingerprint density at radius 2 is 1.76 bits per heavy atom. The fourth-order valence-corrected chi connectivity index (χ4v) is 11.1. The van der Waals surface area contributed by atoms with Gasteiger partial charge in [-0.25, -0.2) is 14.2 Å². The van der Waals surface area contributed by atoms with Crippen molar-refractivity contribution in [3.8, 4) is 22.9 Å². The minimum absolute atomic E-state index is 0.00913. The molecule has 3 aromatic carbocycles. The van der Waals surface area contributed by atoms with Crippen molar-refractivity contribution in [1.29, 1.82) is 0 Å². The molecule has 2 aliphatic carbocycles. The lowest BCUT2D eigenvalue weighted by Crippen LogP contribution is -2.63. The number of carbonyl (C=O) groups is 3. The second-order valence-electron chi connectivity index (χ2n) is 18.7. The van der Waals surface area contributed by atoms with Crippen LogP contribution in [0.1, 0.15) is 131 Å². The van der Waals surface area contributed by atoms with Gasteiger partial charge in [-0.05, 0) is 96.6 Å². The van der Waals surface area contributed by atoms with E-state index in [1.54, 1.807) is 28.5 Å². The highest BCUT2D eigenvalue weighted by molar-refractivity contribution is 5.98. The zero-order valence-electron chi connectivity index (χ0n) is 38.2. The molecule has 2 atom stereocenters. The third-order valence-corrected chi connectivity index (χ3v) is 14.4. The molecule has 1 saturated heterocycles. The SMILES string of the molecule is CC.CC(C)c1cc(C(=O)N2Cc3ccc(CN4CC5(CC(OC=O)C5)C4)cc3C2)c(O)cc1O.CNC1CCc2c(C)c(F)cc3nc4c(c1c23)Cn1c-4cc2c(c1=O)COC(=O)C2O. The maximum absolute atomic E-state index is 14.7. The molecule has 2 aromatic heterocycles. The van der Waals surface area contributed by atoms with E-state index in [0.29, 0.717) is 59.6 Å². The molecule has 5 aromatic rings. The van der Waals surface area contributed by atoms with E-state index in [1.807, 2.05) is 34.7 Å². The molecule has 2 unspecified atom stereocenters. The highest BCUT2D eigenvalue weighted by Crippen LogP contribution is 2.50. The van der Waals surface area contributed by atoms with Gasteiger partial charge in [0.2, 0.25) is 0 Å². The molecular weight excluding hydrogens is 846 g/mol. The molecule has 15 heteroatoms. The summed E-state index contributed by atoms with van der Waals surface area (Å²) in [5, 5.41) is 35.0. The van der Waals surface area contributed by atoms with Crippen LogP contribution in [0.2, 0.25) is 0 Å². The van der Waals surface area contributed by atoms with E-state index in [0.717, 1.165) is 78.5 Å². The van der Waals surface area contributed by atoms with E-state index in [4.69, 9.17) is 14.5 Å². The van der Waals surface area contributed by atoms with Gasteiger partial charge in [0.15, 0.2) is 6.10 Å². The monoisotopic (exact) mass is 901 g/mol. The van der Waals surface area contributed by atoms with Crippen molar-refractivity contribution in [2.24, 2.45) is 5.41 Å². The number of nitrogens with zero attached hydrogens (tertiary/aromatic N) is 4. The minimum atomic E-state index is -1.50. The van der Waals surface area contributed by atoms with Gasteiger partial charge < -0.3 is 39.6 Å². The van der Waals surface area contributed by atoms with Crippen LogP contribution in [0.5, 0.6) is 11.5 Å². The quantitative estimate of drug-likeness (QED) is 0.0983. The number of aliphatic hydroxyl groups is 1. The summed E-state index contributed by atoms with van der Waals surface area (Å²) < 4.78 is 26.3. The number of aliphatic hydroxyl groups excluding tert-OH is 1. The van der Waals surface area contributed by atoms with E-state index in [2.05, 4.69) is 28.4 Å². The van der Waals surface area contributed by atoms with Crippen molar-refractivity contribution < 1.29 is 43.6 Å². The van der Waals surface area contributed by atoms with Crippen molar-refractivity contribution in [3.05, 3.63) is 120 Å². The number of nitrogens with one attached hydrogen (secondary N) is 1. The maximum Gasteiger partial charge on any atom is 0.340 e. The number of halogens is 1. The first-order valence-electron chi connectivity index (χ1n) is 22.9. The fourth-order valence-electron chi connectivity index (χ4n) is 11.1. The number of fused-ring (bicyclic) bond motifs is 6. The number of aromatic hydroxyl groups is 2. The number of hydrogen-bond donors (Lipinski definition) is 4. The van der Waals surface area contributed by atoms with Gasteiger partial charge in [-0.1, -0.05) is 45.9 Å². The van der Waals surface area contributed by atoms with Crippen molar-refractivity contribution in [2.75, 3.05) is 20.1 Å². The topological polar surface area (TPSA) is 184 Å². The predicted octanol–water partition coefficient (Wildman–Crippen LogP) is 6.71. The molecule has 14 nitrogen and oxygen atoms in total. The summed E-state index contributed by atoms with van der Waals surface area (Å²) in [6, 6.07) is 12.5. The molecule has 4 N–H and O–H groups in total. The highest BCUT2D eigenvalue weighted by atomic mass is 19.1. The number of rotatable bonds is 7. The Morgan fingerprint density at radius 3 is 2.47 bits per heavy atom. The number of benzene rings is 3. The second-order valence-corrected chi connectivity index (χ2v) is 18.7. The average Bonchev–Trinajstić information content (AvgIpc) is 3.88. The molecule has 0 radical (unpaired) electrons. The smallest absolute Gasteiger partial charge is 0.340 e. The molecule has 1 amide bonds. The Kier molecular flexibility index (Phi) is 11.8. The van der Waals surface area contributed by atoms with Crippen molar-refractivity contribution >= 4 is 29.3 Å². The van der Waals surface area contributed by atoms with Crippen LogP contribution < -0.4 is 10.9 Å². The molecule has 2 fully saturated rings. The lowest BCUT2D eigenvalue weighted by atomic mass is 9.61. The summed E-state index contributed by atoms with van der Waals surface area (Å²) in [6.45, 7) is 14.4. The van der Waals surface area contributed by atoms with E-state index in [9.17, 15) is 38.9 Å². The molecule has 6 aliphatic rings. The number of amides is 1. The average molecular weight is 902 g/mol. The molecule has 1 spiro atoms. The Hall–Kier alpha value is -6.16. The van der Waals surface area contributed by atoms with Crippen LogP contribution in [-0.2, 0) is 58.3 Å². The van der Waals surface area contributed by atoms with Gasteiger partial charge in [-0.3, -0.25) is 19.3 Å². The first-order chi connectivity index (χ1) is 31.7. The number of aromatic nitrogens is 2. The summed E-state index contributed by atoms with van der Waals surface area (Å²) in [4.78, 5) is 57.6. The van der Waals surface area contributed by atoms with Crippen LogP contribution in [0.3, 0.4) is 0 Å². The van der Waals surface area contributed by atoms with E-state index >= 15 is 0 Å². The molecule has 0 bridgehead atoms. The van der Waals surface area contributed by atoms with Gasteiger partial charge in [0.05, 0.1) is 34.6 Å². The van der Waals surface area contributed by atoms with Crippen molar-refractivity contribution in [2.45, 2.75) is 117 Å². The first kappa shape index (κ1) is 45.0. The number of likely N-dealkylation sites (tertiary alicyclic amines) is 1. The standard InChI is InChI=1S/C26H30N2O5.C23H20FN3O4.C2H6/c1-16(2)21-6-22(24(31)7-23(21)30)25(32)28-11-18-4-3-17(5-19(18)12-28)10-27-13-26(14-27)8-20(9-26)33-15-29;1-9-10-3-4-15(25-2)19-12-7-27-17(20(12)26-16(18(10)19)6-14(9)24)5-11-13(22(27)29)8-31-23(30)21(11)28;1-2/h3-7,15-16,20,30-31H,8-14H2,1-2H3;5-6,15,21,25,28H,3-4,7-8H2,1-2H3;1-2H3. The molecule has 346 valence electrons. The summed E-state index contributed by atoms with van der Waals surface area (Å²) >= 11 is 0. The largest absolute Gasteiger partial charge is 0.508 e. The highest BCUT2D eigenvalue weighted by Gasteiger charge is 2.53. The number of carbonyl (C=O) groups excluding carboxylic acids is 3. The summed E-state index contributed by atoms with van der Waals surface area (Å²) in [7, 11) is 1.90. The van der Waals surface area contributed by atoms with Crippen LogP contribution in [0.25, 0.3) is 22.3 Å². The molecular formula is C51H56FN5O9. The lowest BCUT2D eigenvalue weighted by molar-refractivity contribution is -0.165. The number of ether oxygens (including phenoxy) is 2. The van der Waals surface area contributed by atoms with Gasteiger partial charge in [0.1, 0.15) is 30.0 Å². The number of hydrogen-bond acceptors (Lipinski definition) is 12. The Morgan fingerprint density at radius 1 is 1.02 bits per heavy atom. The second kappa shape index (κ2) is 17.2. The van der Waals surface area contributed by atoms with Gasteiger partial charge in [0, 0.05) is 72.8 Å². The van der Waals surface area contributed by atoms with Gasteiger partial charge in [-0.2, -0.15) is 0 Å². The third kappa shape index (κ3) is 7.50. The van der Waals surface area contributed by atoms with Crippen LogP contribution in [-0.4, -0.2) is 79.3 Å². The van der Waals surface area contributed by atoms with E-state index < -0.39 is 12.1 Å². The van der Waals surface area contributed by atoms with Gasteiger partial charge in [-0.15, -0.1) is 0 Å². The summed E-state index contributed by atoms with van der Waals surface area (Å²) in [5.74, 6) is -1.43. The Bertz CT molecular complexity index is 2880. The number of aryl methyl sites for hydroxylation is 1. The Balaban J connectivity index is 0.000000160. The van der Waals surface area contributed by atoms with Crippen LogP contribution in [0.15, 0.2) is 47.3 Å². The van der Waals surface area contributed by atoms with E-state index in [1.165, 1.54) is 17.7 Å². The summed E-state index contributed by atoms with van der Waals surface area (Å²) in [5.41, 5.74) is 10.3. The number of phenolic OH excluding ortho intramolecular Hbond substituents is 2. The maximum atomic E-state index is 14.7. The van der Waals surface area contributed by atoms with Crippen molar-refractivity contribution in [3.63, 3.8) is 0 Å². The minimum Gasteiger partial charge on any atom is -0.508 e. The third-order valence-electron chi connectivity index (χ3n) is 14.4. The normalized spacial score (nSPS) is 19.6. The molecule has 1 saturated carbocycles. The van der Waals surface area contributed by atoms with Gasteiger partial charge in [0.25, 0.3) is 17.9 Å². The molecule has 6 heterocycles. The molecule has 4 aliphatic heterocycles. The molecule has 11 rings (SSSR count). The first-order valence-corrected chi connectivity index (χ1v) is 22.9. The summed E-state index contributed by atoms with van der Waals surface area (Å²) in [6.07, 6.45) is 2.10. The number of pyridine rings is 2. The zero-order chi connectivity index (χ0) is 46.9.